The Bertz CT molecular complexity index is 476. The molecular formula is C14H21N3O2. The van der Waals surface area contributed by atoms with Gasteiger partial charge in [0.2, 0.25) is 0 Å². The van der Waals surface area contributed by atoms with Gasteiger partial charge in [0.1, 0.15) is 11.4 Å². The Hall–Kier alpha value is -1.78. The van der Waals surface area contributed by atoms with Crippen LogP contribution in [0.4, 0.5) is 17.1 Å². The number of hydrogen-bond acceptors (Lipinski definition) is 4. The fourth-order valence-electron chi connectivity index (χ4n) is 2.53. The summed E-state index contributed by atoms with van der Waals surface area (Å²) in [5.41, 5.74) is 1.83. The number of para-hydroxylation sites is 1. The molecule has 0 aliphatic carbocycles. The molecular weight excluding hydrogens is 242 g/mol. The van der Waals surface area contributed by atoms with Crippen LogP contribution in [0.5, 0.6) is 0 Å². The lowest BCUT2D eigenvalue weighted by atomic mass is 9.82. The Morgan fingerprint density at radius 1 is 1.32 bits per heavy atom. The molecule has 1 aliphatic rings. The van der Waals surface area contributed by atoms with Gasteiger partial charge in [0.05, 0.1) is 4.92 Å². The fraction of sp³-hybridized carbons (Fsp3) is 0.571. The number of anilines is 2. The second-order valence-electron chi connectivity index (χ2n) is 5.83. The number of benzene rings is 1. The minimum absolute atomic E-state index is 0.185. The van der Waals surface area contributed by atoms with Crippen LogP contribution in [0.3, 0.4) is 0 Å². The number of nitro benzene ring substituents is 1. The van der Waals surface area contributed by atoms with Crippen molar-refractivity contribution in [1.29, 1.82) is 0 Å². The van der Waals surface area contributed by atoms with Gasteiger partial charge >= 0.3 is 5.69 Å². The molecule has 1 N–H and O–H groups in total. The fourth-order valence-corrected chi connectivity index (χ4v) is 2.53. The molecule has 0 spiro atoms. The molecule has 1 aromatic rings. The Morgan fingerprint density at radius 2 is 1.95 bits per heavy atom. The Labute approximate surface area is 113 Å². The maximum Gasteiger partial charge on any atom is 0.315 e. The van der Waals surface area contributed by atoms with Crippen molar-refractivity contribution >= 4 is 17.1 Å². The minimum atomic E-state index is -0.291. The molecule has 0 bridgehead atoms. The van der Waals surface area contributed by atoms with Crippen LogP contribution in [0, 0.1) is 15.5 Å². The second kappa shape index (κ2) is 5.07. The average Bonchev–Trinajstić information content (AvgIpc) is 2.37. The second-order valence-corrected chi connectivity index (χ2v) is 5.83. The summed E-state index contributed by atoms with van der Waals surface area (Å²) in [5.74, 6) is 0. The average molecular weight is 263 g/mol. The highest BCUT2D eigenvalue weighted by molar-refractivity contribution is 5.77. The van der Waals surface area contributed by atoms with Gasteiger partial charge in [-0.05, 0) is 30.4 Å². The van der Waals surface area contributed by atoms with E-state index in [0.29, 0.717) is 11.1 Å². The van der Waals surface area contributed by atoms with Gasteiger partial charge in [0.25, 0.3) is 0 Å². The SMILES string of the molecule is CNc1cccc(N2CCC(C)(C)CC2)c1[N+](=O)[O-]. The van der Waals surface area contributed by atoms with Crippen LogP contribution >= 0.6 is 0 Å². The first-order valence-corrected chi connectivity index (χ1v) is 6.65. The molecule has 1 fully saturated rings. The summed E-state index contributed by atoms with van der Waals surface area (Å²) in [7, 11) is 1.71. The topological polar surface area (TPSA) is 58.4 Å². The predicted molar refractivity (Wildman–Crippen MR) is 77.9 cm³/mol. The Morgan fingerprint density at radius 3 is 2.47 bits per heavy atom. The van der Waals surface area contributed by atoms with E-state index < -0.39 is 0 Å². The number of piperidine rings is 1. The monoisotopic (exact) mass is 263 g/mol. The first kappa shape index (κ1) is 13.6. The van der Waals surface area contributed by atoms with Gasteiger partial charge in [-0.25, -0.2) is 0 Å². The number of nitrogens with one attached hydrogen (secondary N) is 1. The summed E-state index contributed by atoms with van der Waals surface area (Å²) in [6, 6.07) is 5.46. The zero-order chi connectivity index (χ0) is 14.0. The molecule has 1 aliphatic heterocycles. The van der Waals surface area contributed by atoms with E-state index in [1.165, 1.54) is 0 Å². The maximum atomic E-state index is 11.3. The Kier molecular flexibility index (Phi) is 3.64. The zero-order valence-electron chi connectivity index (χ0n) is 11.8. The molecule has 0 unspecified atom stereocenters. The molecule has 104 valence electrons. The van der Waals surface area contributed by atoms with Crippen LogP contribution < -0.4 is 10.2 Å². The highest BCUT2D eigenvalue weighted by Crippen LogP contribution is 2.39. The van der Waals surface area contributed by atoms with E-state index in [2.05, 4.69) is 24.1 Å². The van der Waals surface area contributed by atoms with E-state index in [4.69, 9.17) is 0 Å². The van der Waals surface area contributed by atoms with Crippen molar-refractivity contribution in [3.8, 4) is 0 Å². The minimum Gasteiger partial charge on any atom is -0.382 e. The molecule has 0 aromatic heterocycles. The highest BCUT2D eigenvalue weighted by Gasteiger charge is 2.29. The standard InChI is InChI=1S/C14H21N3O2/c1-14(2)7-9-16(10-8-14)12-6-4-5-11(15-3)13(12)17(18)19/h4-6,15H,7-10H2,1-3H3. The lowest BCUT2D eigenvalue weighted by Gasteiger charge is -2.38. The first-order valence-electron chi connectivity index (χ1n) is 6.65. The van der Waals surface area contributed by atoms with Crippen LogP contribution in [0.1, 0.15) is 26.7 Å². The van der Waals surface area contributed by atoms with Crippen LogP contribution in [0.2, 0.25) is 0 Å². The number of rotatable bonds is 3. The third kappa shape index (κ3) is 2.80. The summed E-state index contributed by atoms with van der Waals surface area (Å²) in [5, 5.41) is 14.2. The van der Waals surface area contributed by atoms with Gasteiger partial charge in [-0.1, -0.05) is 19.9 Å². The summed E-state index contributed by atoms with van der Waals surface area (Å²) < 4.78 is 0. The van der Waals surface area contributed by atoms with Crippen LogP contribution in [0.15, 0.2) is 18.2 Å². The highest BCUT2D eigenvalue weighted by atomic mass is 16.6. The molecule has 0 atom stereocenters. The summed E-state index contributed by atoms with van der Waals surface area (Å²) in [6.07, 6.45) is 2.13. The van der Waals surface area contributed by atoms with Crippen molar-refractivity contribution in [2.75, 3.05) is 30.4 Å². The third-order valence-electron chi connectivity index (χ3n) is 3.92. The largest absolute Gasteiger partial charge is 0.382 e. The smallest absolute Gasteiger partial charge is 0.315 e. The first-order chi connectivity index (χ1) is 8.94. The molecule has 0 amide bonds. The quantitative estimate of drug-likeness (QED) is 0.671. The third-order valence-corrected chi connectivity index (χ3v) is 3.92. The van der Waals surface area contributed by atoms with Crippen LogP contribution in [-0.2, 0) is 0 Å². The Balaban J connectivity index is 2.32. The molecule has 1 heterocycles. The van der Waals surface area contributed by atoms with Crippen molar-refractivity contribution in [3.05, 3.63) is 28.3 Å². The van der Waals surface area contributed by atoms with E-state index in [0.717, 1.165) is 31.6 Å². The van der Waals surface area contributed by atoms with Crippen molar-refractivity contribution in [2.45, 2.75) is 26.7 Å². The lowest BCUT2D eigenvalue weighted by Crippen LogP contribution is -2.37. The molecule has 2 rings (SSSR count). The molecule has 1 saturated heterocycles. The zero-order valence-corrected chi connectivity index (χ0v) is 11.8. The lowest BCUT2D eigenvalue weighted by molar-refractivity contribution is -0.383. The number of hydrogen-bond donors (Lipinski definition) is 1. The van der Waals surface area contributed by atoms with Gasteiger partial charge in [0, 0.05) is 20.1 Å². The van der Waals surface area contributed by atoms with Crippen molar-refractivity contribution in [2.24, 2.45) is 5.41 Å². The van der Waals surface area contributed by atoms with Gasteiger partial charge in [-0.15, -0.1) is 0 Å². The van der Waals surface area contributed by atoms with Crippen molar-refractivity contribution < 1.29 is 4.92 Å². The molecule has 0 radical (unpaired) electrons. The summed E-state index contributed by atoms with van der Waals surface area (Å²) >= 11 is 0. The molecule has 5 nitrogen and oxygen atoms in total. The number of nitro groups is 1. The van der Waals surface area contributed by atoms with Gasteiger partial charge in [-0.2, -0.15) is 0 Å². The van der Waals surface area contributed by atoms with Crippen LogP contribution in [0.25, 0.3) is 0 Å². The maximum absolute atomic E-state index is 11.3. The van der Waals surface area contributed by atoms with E-state index in [1.54, 1.807) is 13.1 Å². The van der Waals surface area contributed by atoms with Gasteiger partial charge in [-0.3, -0.25) is 10.1 Å². The predicted octanol–water partition coefficient (Wildman–Crippen LogP) is 3.26. The van der Waals surface area contributed by atoms with Gasteiger partial charge < -0.3 is 10.2 Å². The normalized spacial score (nSPS) is 18.2. The van der Waals surface area contributed by atoms with Crippen molar-refractivity contribution in [1.82, 2.24) is 0 Å². The molecule has 1 aromatic carbocycles. The van der Waals surface area contributed by atoms with Crippen molar-refractivity contribution in [3.63, 3.8) is 0 Å². The molecule has 5 heteroatoms. The van der Waals surface area contributed by atoms with E-state index in [1.807, 2.05) is 12.1 Å². The van der Waals surface area contributed by atoms with E-state index in [9.17, 15) is 10.1 Å². The molecule has 19 heavy (non-hydrogen) atoms. The number of nitrogens with zero attached hydrogens (tertiary/aromatic N) is 2. The van der Waals surface area contributed by atoms with E-state index in [-0.39, 0.29) is 10.6 Å². The molecule has 0 saturated carbocycles. The van der Waals surface area contributed by atoms with Gasteiger partial charge in [0.15, 0.2) is 0 Å². The summed E-state index contributed by atoms with van der Waals surface area (Å²) in [4.78, 5) is 13.1. The summed E-state index contributed by atoms with van der Waals surface area (Å²) in [6.45, 7) is 6.26. The van der Waals surface area contributed by atoms with E-state index >= 15 is 0 Å². The van der Waals surface area contributed by atoms with Crippen LogP contribution in [-0.4, -0.2) is 25.1 Å².